The van der Waals surface area contributed by atoms with Crippen LogP contribution in [0, 0.1) is 12.3 Å². The molecule has 11 nitrogen and oxygen atoms in total. The first kappa shape index (κ1) is 32.0. The summed E-state index contributed by atoms with van der Waals surface area (Å²) in [6.07, 6.45) is 9.54. The number of nitrogens with zero attached hydrogens (tertiary/aromatic N) is 5. The quantitative estimate of drug-likeness (QED) is 0.301. The van der Waals surface area contributed by atoms with Gasteiger partial charge in [0, 0.05) is 87.6 Å². The number of ether oxygens (including phenoxy) is 1. The maximum Gasteiger partial charge on any atom is 0.410 e. The molecule has 0 spiro atoms. The number of amides is 4. The second kappa shape index (κ2) is 14.2. The van der Waals surface area contributed by atoms with Crippen LogP contribution in [0.5, 0.6) is 0 Å². The normalized spacial score (nSPS) is 17.7. The van der Waals surface area contributed by atoms with Gasteiger partial charge in [-0.15, -0.1) is 6.42 Å². The van der Waals surface area contributed by atoms with Gasteiger partial charge >= 0.3 is 12.1 Å². The number of nitrogens with one attached hydrogen (secondary N) is 1. The van der Waals surface area contributed by atoms with E-state index < -0.39 is 12.2 Å². The Labute approximate surface area is 279 Å². The number of piperidine rings is 1. The Bertz CT molecular complexity index is 1660. The zero-order valence-corrected chi connectivity index (χ0v) is 26.9. The molecule has 0 radical (unpaired) electrons. The average Bonchev–Trinajstić information content (AvgIpc) is 3.27. The standard InChI is InChI=1S/C35H38ClN7O4/c1-2-25-21-24(22-29(36)32(25)37)23-31(33(44)41-19-17-40(18-20-41)27-7-12-38-13-8-27)47-35(46)42-14-10-28(11-15-42)43-16-9-26-5-3-4-6-30(26)39-34(43)45/h1,3-8,12-13,21-22,28,31H,9-11,14-20,23,37H2,(H,39,45)/t31-/m1/s1. The van der Waals surface area contributed by atoms with Crippen LogP contribution in [0.1, 0.15) is 29.5 Å². The lowest BCUT2D eigenvalue weighted by atomic mass is 10.0. The van der Waals surface area contributed by atoms with Gasteiger partial charge in [-0.2, -0.15) is 0 Å². The highest BCUT2D eigenvalue weighted by Crippen LogP contribution is 2.28. The minimum Gasteiger partial charge on any atom is -0.436 e. The molecule has 2 aromatic carbocycles. The van der Waals surface area contributed by atoms with Gasteiger partial charge in [-0.3, -0.25) is 9.78 Å². The number of piperazine rings is 1. The van der Waals surface area contributed by atoms with Gasteiger partial charge in [0.25, 0.3) is 5.91 Å². The highest BCUT2D eigenvalue weighted by atomic mass is 35.5. The Hall–Kier alpha value is -4.95. The van der Waals surface area contributed by atoms with Gasteiger partial charge in [0.15, 0.2) is 6.10 Å². The van der Waals surface area contributed by atoms with E-state index in [2.05, 4.69) is 21.1 Å². The summed E-state index contributed by atoms with van der Waals surface area (Å²) in [5, 5.41) is 3.31. The summed E-state index contributed by atoms with van der Waals surface area (Å²) in [6, 6.07) is 14.9. The highest BCUT2D eigenvalue weighted by molar-refractivity contribution is 6.33. The highest BCUT2D eigenvalue weighted by Gasteiger charge is 2.35. The van der Waals surface area contributed by atoms with E-state index in [-0.39, 0.29) is 35.1 Å². The molecular formula is C35H38ClN7O4. The molecule has 2 saturated heterocycles. The number of likely N-dealkylation sites (tertiary alicyclic amines) is 1. The van der Waals surface area contributed by atoms with Gasteiger partial charge in [0.2, 0.25) is 0 Å². The first-order valence-electron chi connectivity index (χ1n) is 15.9. The van der Waals surface area contributed by atoms with Crippen LogP contribution in [-0.4, -0.2) is 95.7 Å². The van der Waals surface area contributed by atoms with Crippen LogP contribution >= 0.6 is 11.6 Å². The molecule has 47 heavy (non-hydrogen) atoms. The zero-order chi connectivity index (χ0) is 32.9. The number of para-hydroxylation sites is 1. The fourth-order valence-electron chi connectivity index (χ4n) is 6.54. The van der Waals surface area contributed by atoms with Crippen molar-refractivity contribution in [2.45, 2.75) is 37.8 Å². The summed E-state index contributed by atoms with van der Waals surface area (Å²) in [5.74, 6) is 2.26. The maximum absolute atomic E-state index is 13.9. The van der Waals surface area contributed by atoms with Crippen LogP contribution in [0.25, 0.3) is 0 Å². The number of carbonyl (C=O) groups excluding carboxylic acids is 3. The molecule has 3 aliphatic heterocycles. The number of nitrogens with two attached hydrogens (primary N) is 1. The van der Waals surface area contributed by atoms with Gasteiger partial charge in [-0.05, 0) is 60.7 Å². The lowest BCUT2D eigenvalue weighted by molar-refractivity contribution is -0.141. The number of rotatable bonds is 6. The number of halogens is 1. The van der Waals surface area contributed by atoms with Crippen LogP contribution < -0.4 is 16.0 Å². The summed E-state index contributed by atoms with van der Waals surface area (Å²) in [6.45, 7) is 3.62. The molecule has 1 aromatic heterocycles. The fourth-order valence-corrected chi connectivity index (χ4v) is 6.78. The van der Waals surface area contributed by atoms with Crippen molar-refractivity contribution in [2.75, 3.05) is 61.8 Å². The second-order valence-corrected chi connectivity index (χ2v) is 12.4. The Morgan fingerprint density at radius 1 is 1.02 bits per heavy atom. The second-order valence-electron chi connectivity index (χ2n) is 12.0. The number of nitrogen functional groups attached to an aromatic ring is 1. The smallest absolute Gasteiger partial charge is 0.410 e. The lowest BCUT2D eigenvalue weighted by Crippen LogP contribution is -2.54. The summed E-state index contributed by atoms with van der Waals surface area (Å²) in [4.78, 5) is 52.1. The largest absolute Gasteiger partial charge is 0.436 e. The van der Waals surface area contributed by atoms with Crippen molar-refractivity contribution in [3.63, 3.8) is 0 Å². The molecule has 0 unspecified atom stereocenters. The molecular weight excluding hydrogens is 618 g/mol. The van der Waals surface area contributed by atoms with Crippen LogP contribution in [0.3, 0.4) is 0 Å². The predicted molar refractivity (Wildman–Crippen MR) is 181 cm³/mol. The molecule has 0 bridgehead atoms. The minimum atomic E-state index is -1.09. The molecule has 4 amide bonds. The number of fused-ring (bicyclic) bond motifs is 1. The zero-order valence-electron chi connectivity index (χ0n) is 26.1. The molecule has 1 atom stereocenters. The molecule has 3 N–H and O–H groups in total. The number of carbonyl (C=O) groups is 3. The molecule has 0 aliphatic carbocycles. The lowest BCUT2D eigenvalue weighted by Gasteiger charge is -2.39. The first-order chi connectivity index (χ1) is 22.8. The fraction of sp³-hybridized carbons (Fsp3) is 0.371. The summed E-state index contributed by atoms with van der Waals surface area (Å²) in [7, 11) is 0. The Kier molecular flexibility index (Phi) is 9.68. The minimum absolute atomic E-state index is 0.0124. The van der Waals surface area contributed by atoms with Crippen molar-refractivity contribution in [2.24, 2.45) is 0 Å². The van der Waals surface area contributed by atoms with Crippen LogP contribution in [-0.2, 0) is 22.4 Å². The summed E-state index contributed by atoms with van der Waals surface area (Å²) < 4.78 is 5.98. The van der Waals surface area contributed by atoms with Gasteiger partial charge in [0.1, 0.15) is 0 Å². The Morgan fingerprint density at radius 2 is 1.74 bits per heavy atom. The van der Waals surface area contributed by atoms with Gasteiger partial charge in [-0.1, -0.05) is 35.7 Å². The Balaban J connectivity index is 1.11. The number of benzene rings is 2. The van der Waals surface area contributed by atoms with Crippen LogP contribution in [0.4, 0.5) is 26.7 Å². The number of terminal acetylenes is 1. The third-order valence-electron chi connectivity index (χ3n) is 9.21. The SMILES string of the molecule is C#Cc1cc(C[C@@H](OC(=O)N2CCC(N3CCc4ccccc4NC3=O)CC2)C(=O)N2CCN(c3ccncc3)CC2)cc(Cl)c1N. The molecule has 4 heterocycles. The van der Waals surface area contributed by atoms with Crippen molar-refractivity contribution >= 4 is 46.7 Å². The van der Waals surface area contributed by atoms with E-state index in [1.807, 2.05) is 41.3 Å². The molecule has 0 saturated carbocycles. The molecule has 6 rings (SSSR count). The van der Waals surface area contributed by atoms with Crippen LogP contribution in [0.15, 0.2) is 60.9 Å². The number of hydrogen-bond acceptors (Lipinski definition) is 7. The average molecular weight is 656 g/mol. The summed E-state index contributed by atoms with van der Waals surface area (Å²) in [5.41, 5.74) is 10.4. The van der Waals surface area contributed by atoms with E-state index in [0.717, 1.165) is 23.4 Å². The van der Waals surface area contributed by atoms with Crippen molar-refractivity contribution in [1.29, 1.82) is 0 Å². The van der Waals surface area contributed by atoms with E-state index in [0.29, 0.717) is 69.8 Å². The Morgan fingerprint density at radius 3 is 2.47 bits per heavy atom. The van der Waals surface area contributed by atoms with E-state index in [1.165, 1.54) is 0 Å². The van der Waals surface area contributed by atoms with Crippen molar-refractivity contribution in [3.8, 4) is 12.3 Å². The van der Waals surface area contributed by atoms with Crippen LogP contribution in [0.2, 0.25) is 5.02 Å². The third-order valence-corrected chi connectivity index (χ3v) is 9.52. The first-order valence-corrected chi connectivity index (χ1v) is 16.3. The monoisotopic (exact) mass is 655 g/mol. The van der Waals surface area contributed by atoms with Gasteiger partial charge < -0.3 is 35.4 Å². The van der Waals surface area contributed by atoms with E-state index in [9.17, 15) is 14.4 Å². The molecule has 2 fully saturated rings. The van der Waals surface area contributed by atoms with Crippen molar-refractivity contribution < 1.29 is 19.1 Å². The van der Waals surface area contributed by atoms with Gasteiger partial charge in [0.05, 0.1) is 10.7 Å². The third kappa shape index (κ3) is 7.23. The van der Waals surface area contributed by atoms with Gasteiger partial charge in [-0.25, -0.2) is 9.59 Å². The molecule has 3 aromatic rings. The number of anilines is 3. The number of pyridine rings is 1. The molecule has 244 valence electrons. The summed E-state index contributed by atoms with van der Waals surface area (Å²) >= 11 is 6.36. The number of hydrogen-bond donors (Lipinski definition) is 2. The number of aromatic nitrogens is 1. The maximum atomic E-state index is 13.9. The molecule has 12 heteroatoms. The topological polar surface area (TPSA) is 124 Å². The van der Waals surface area contributed by atoms with E-state index >= 15 is 0 Å². The van der Waals surface area contributed by atoms with Crippen molar-refractivity contribution in [3.05, 3.63) is 82.6 Å². The van der Waals surface area contributed by atoms with E-state index in [4.69, 9.17) is 28.5 Å². The molecule has 3 aliphatic rings. The number of urea groups is 1. The van der Waals surface area contributed by atoms with E-state index in [1.54, 1.807) is 34.3 Å². The predicted octanol–water partition coefficient (Wildman–Crippen LogP) is 4.25. The van der Waals surface area contributed by atoms with Crippen molar-refractivity contribution in [1.82, 2.24) is 19.7 Å².